The third kappa shape index (κ3) is 3.04. The summed E-state index contributed by atoms with van der Waals surface area (Å²) in [5, 5.41) is 4.14. The minimum absolute atomic E-state index is 0.0405. The summed E-state index contributed by atoms with van der Waals surface area (Å²) in [5.74, 6) is -0.239. The fourth-order valence-corrected chi connectivity index (χ4v) is 2.15. The molecule has 1 aromatic carbocycles. The molecule has 0 bridgehead atoms. The maximum Gasteiger partial charge on any atom is 0.433 e. The van der Waals surface area contributed by atoms with Gasteiger partial charge in [-0.1, -0.05) is 29.8 Å². The Morgan fingerprint density at radius 3 is 2.42 bits per heavy atom. The van der Waals surface area contributed by atoms with Crippen LogP contribution in [-0.2, 0) is 18.6 Å². The van der Waals surface area contributed by atoms with Crippen LogP contribution < -0.4 is 0 Å². The Hall–Kier alpha value is -1.20. The van der Waals surface area contributed by atoms with Crippen molar-refractivity contribution in [2.75, 3.05) is 0 Å². The average Bonchev–Trinajstić information content (AvgIpc) is 2.75. The maximum absolute atomic E-state index is 13.0. The van der Waals surface area contributed by atoms with Crippen molar-refractivity contribution >= 4 is 23.2 Å². The fourth-order valence-electron chi connectivity index (χ4n) is 1.76. The van der Waals surface area contributed by atoms with Crippen molar-refractivity contribution in [1.29, 1.82) is 0 Å². The first-order chi connectivity index (χ1) is 8.93. The molecule has 0 spiro atoms. The smallest absolute Gasteiger partial charge is 0.256 e. The molecule has 0 fully saturated rings. The SMILES string of the molecule is FC(F)(F)c1c(CCl)cnn1Cc1ccccc1Cl. The second kappa shape index (κ2) is 5.43. The van der Waals surface area contributed by atoms with Gasteiger partial charge in [-0.2, -0.15) is 18.3 Å². The van der Waals surface area contributed by atoms with Crippen molar-refractivity contribution < 1.29 is 13.2 Å². The summed E-state index contributed by atoms with van der Waals surface area (Å²) in [7, 11) is 0. The Balaban J connectivity index is 2.42. The van der Waals surface area contributed by atoms with Crippen molar-refractivity contribution in [3.8, 4) is 0 Å². The molecule has 2 rings (SSSR count). The number of aromatic nitrogens is 2. The first-order valence-corrected chi connectivity index (χ1v) is 6.26. The van der Waals surface area contributed by atoms with Gasteiger partial charge in [-0.25, -0.2) is 0 Å². The van der Waals surface area contributed by atoms with Crippen molar-refractivity contribution in [3.63, 3.8) is 0 Å². The highest BCUT2D eigenvalue weighted by Crippen LogP contribution is 2.33. The predicted molar refractivity (Wildman–Crippen MR) is 67.3 cm³/mol. The monoisotopic (exact) mass is 308 g/mol. The summed E-state index contributed by atoms with van der Waals surface area (Å²) in [4.78, 5) is 0. The zero-order valence-corrected chi connectivity index (χ0v) is 11.1. The van der Waals surface area contributed by atoms with Crippen LogP contribution in [0.5, 0.6) is 0 Å². The van der Waals surface area contributed by atoms with Crippen molar-refractivity contribution in [2.45, 2.75) is 18.6 Å². The lowest BCUT2D eigenvalue weighted by Crippen LogP contribution is -2.17. The Morgan fingerprint density at radius 2 is 1.84 bits per heavy atom. The molecule has 0 saturated carbocycles. The van der Waals surface area contributed by atoms with Gasteiger partial charge in [-0.15, -0.1) is 11.6 Å². The first kappa shape index (κ1) is 14.2. The van der Waals surface area contributed by atoms with E-state index in [1.807, 2.05) is 0 Å². The van der Waals surface area contributed by atoms with Crippen LogP contribution in [0, 0.1) is 0 Å². The Kier molecular flexibility index (Phi) is 4.06. The van der Waals surface area contributed by atoms with Crippen LogP contribution in [0.3, 0.4) is 0 Å². The molecular weight excluding hydrogens is 300 g/mol. The van der Waals surface area contributed by atoms with Gasteiger partial charge in [0.1, 0.15) is 5.69 Å². The highest BCUT2D eigenvalue weighted by Gasteiger charge is 2.37. The van der Waals surface area contributed by atoms with Crippen LogP contribution in [0.25, 0.3) is 0 Å². The molecule has 1 heterocycles. The minimum Gasteiger partial charge on any atom is -0.256 e. The number of rotatable bonds is 3. The fraction of sp³-hybridized carbons (Fsp3) is 0.250. The van der Waals surface area contributed by atoms with Gasteiger partial charge in [0, 0.05) is 10.6 Å². The number of hydrogen-bond acceptors (Lipinski definition) is 1. The largest absolute Gasteiger partial charge is 0.433 e. The Morgan fingerprint density at radius 1 is 1.16 bits per heavy atom. The number of halogens is 5. The lowest BCUT2D eigenvalue weighted by atomic mass is 10.2. The maximum atomic E-state index is 13.0. The van der Waals surface area contributed by atoms with Gasteiger partial charge in [0.2, 0.25) is 0 Å². The second-order valence-electron chi connectivity index (χ2n) is 3.90. The molecule has 0 aliphatic carbocycles. The summed E-state index contributed by atoms with van der Waals surface area (Å²) in [6.45, 7) is -0.0502. The molecule has 0 unspecified atom stereocenters. The molecule has 0 N–H and O–H groups in total. The molecule has 0 atom stereocenters. The number of hydrogen-bond donors (Lipinski definition) is 0. The molecule has 1 aromatic heterocycles. The van der Waals surface area contributed by atoms with Gasteiger partial charge < -0.3 is 0 Å². The molecule has 0 aliphatic rings. The van der Waals surface area contributed by atoms with E-state index in [2.05, 4.69) is 5.10 Å². The van der Waals surface area contributed by atoms with E-state index in [-0.39, 0.29) is 18.0 Å². The topological polar surface area (TPSA) is 17.8 Å². The average molecular weight is 309 g/mol. The van der Waals surface area contributed by atoms with Crippen molar-refractivity contribution in [1.82, 2.24) is 9.78 Å². The second-order valence-corrected chi connectivity index (χ2v) is 4.57. The van der Waals surface area contributed by atoms with E-state index in [1.54, 1.807) is 24.3 Å². The van der Waals surface area contributed by atoms with Crippen molar-refractivity contribution in [3.05, 3.63) is 52.3 Å². The van der Waals surface area contributed by atoms with E-state index in [0.717, 1.165) is 10.9 Å². The summed E-state index contributed by atoms with van der Waals surface area (Å²) in [6.07, 6.45) is -3.37. The third-order valence-electron chi connectivity index (χ3n) is 2.61. The van der Waals surface area contributed by atoms with Crippen LogP contribution in [-0.4, -0.2) is 9.78 Å². The predicted octanol–water partition coefficient (Wildman–Crippen LogP) is 4.34. The molecule has 19 heavy (non-hydrogen) atoms. The van der Waals surface area contributed by atoms with Crippen LogP contribution >= 0.6 is 23.2 Å². The van der Waals surface area contributed by atoms with Gasteiger partial charge in [0.25, 0.3) is 0 Å². The first-order valence-electron chi connectivity index (χ1n) is 5.34. The number of benzene rings is 1. The quantitative estimate of drug-likeness (QED) is 0.771. The highest BCUT2D eigenvalue weighted by atomic mass is 35.5. The lowest BCUT2D eigenvalue weighted by Gasteiger charge is -2.12. The normalized spacial score (nSPS) is 11.8. The van der Waals surface area contributed by atoms with Gasteiger partial charge in [-0.3, -0.25) is 4.68 Å². The van der Waals surface area contributed by atoms with Crippen LogP contribution in [0.15, 0.2) is 30.5 Å². The molecule has 2 aromatic rings. The molecule has 0 aliphatic heterocycles. The zero-order valence-electron chi connectivity index (χ0n) is 9.59. The highest BCUT2D eigenvalue weighted by molar-refractivity contribution is 6.31. The van der Waals surface area contributed by atoms with E-state index >= 15 is 0 Å². The van der Waals surface area contributed by atoms with Gasteiger partial charge >= 0.3 is 6.18 Å². The van der Waals surface area contributed by atoms with E-state index in [1.165, 1.54) is 0 Å². The standard InChI is InChI=1S/C12H9Cl2F3N2/c13-5-9-6-18-19(11(9)12(15,16)17)7-8-3-1-2-4-10(8)14/h1-4,6H,5,7H2. The molecule has 0 radical (unpaired) electrons. The van der Waals surface area contributed by atoms with Crippen LogP contribution in [0.4, 0.5) is 13.2 Å². The van der Waals surface area contributed by atoms with Crippen molar-refractivity contribution in [2.24, 2.45) is 0 Å². The molecule has 102 valence electrons. The Bertz CT molecular complexity index is 579. The lowest BCUT2D eigenvalue weighted by molar-refractivity contribution is -0.144. The summed E-state index contributed by atoms with van der Waals surface area (Å²) < 4.78 is 39.8. The van der Waals surface area contributed by atoms with E-state index in [4.69, 9.17) is 23.2 Å². The summed E-state index contributed by atoms with van der Waals surface area (Å²) in [5.41, 5.74) is -0.303. The van der Waals surface area contributed by atoms with Crippen LogP contribution in [0.2, 0.25) is 5.02 Å². The molecule has 2 nitrogen and oxygen atoms in total. The van der Waals surface area contributed by atoms with Gasteiger partial charge in [0.15, 0.2) is 0 Å². The minimum atomic E-state index is -4.50. The summed E-state index contributed by atoms with van der Waals surface area (Å²) >= 11 is 11.4. The zero-order chi connectivity index (χ0) is 14.0. The third-order valence-corrected chi connectivity index (χ3v) is 3.26. The van der Waals surface area contributed by atoms with E-state index < -0.39 is 11.9 Å². The molecule has 0 amide bonds. The van der Waals surface area contributed by atoms with Gasteiger partial charge in [0.05, 0.1) is 18.6 Å². The number of nitrogens with zero attached hydrogens (tertiary/aromatic N) is 2. The molecule has 7 heteroatoms. The number of alkyl halides is 4. The molecule has 0 saturated heterocycles. The Labute approximate surface area is 117 Å². The van der Waals surface area contributed by atoms with E-state index in [9.17, 15) is 13.2 Å². The van der Waals surface area contributed by atoms with Gasteiger partial charge in [-0.05, 0) is 11.6 Å². The summed E-state index contributed by atoms with van der Waals surface area (Å²) in [6, 6.07) is 6.70. The molecular formula is C12H9Cl2F3N2. The van der Waals surface area contributed by atoms with Crippen LogP contribution in [0.1, 0.15) is 16.8 Å². The van der Waals surface area contributed by atoms with E-state index in [0.29, 0.717) is 10.6 Å².